The summed E-state index contributed by atoms with van der Waals surface area (Å²) in [7, 11) is 0. The smallest absolute Gasteiger partial charge is 0.186 e. The van der Waals surface area contributed by atoms with Gasteiger partial charge in [0.15, 0.2) is 11.4 Å². The number of hydrogen-bond acceptors (Lipinski definition) is 4. The highest BCUT2D eigenvalue weighted by atomic mass is 32.1. The summed E-state index contributed by atoms with van der Waals surface area (Å²) in [6.45, 7) is 3.06. The van der Waals surface area contributed by atoms with Crippen molar-refractivity contribution in [3.63, 3.8) is 0 Å². The van der Waals surface area contributed by atoms with Crippen LogP contribution >= 0.6 is 11.3 Å². The molecule has 1 aromatic rings. The Kier molecular flexibility index (Phi) is 2.06. The van der Waals surface area contributed by atoms with Gasteiger partial charge in [0.2, 0.25) is 0 Å². The second-order valence-corrected chi connectivity index (χ2v) is 5.56. The summed E-state index contributed by atoms with van der Waals surface area (Å²) in [4.78, 5) is 18.4. The van der Waals surface area contributed by atoms with Gasteiger partial charge in [-0.05, 0) is 32.1 Å². The van der Waals surface area contributed by atoms with Crippen LogP contribution in [0.4, 0.5) is 5.13 Å². The van der Waals surface area contributed by atoms with E-state index in [9.17, 15) is 4.79 Å². The highest BCUT2D eigenvalue weighted by Crippen LogP contribution is 2.41. The van der Waals surface area contributed by atoms with Gasteiger partial charge in [-0.2, -0.15) is 0 Å². The lowest BCUT2D eigenvalue weighted by Crippen LogP contribution is -2.31. The van der Waals surface area contributed by atoms with E-state index in [0.29, 0.717) is 6.04 Å². The van der Waals surface area contributed by atoms with Crippen molar-refractivity contribution in [1.82, 2.24) is 4.98 Å². The lowest BCUT2D eigenvalue weighted by atomic mass is 10.1. The molecule has 2 bridgehead atoms. The normalized spacial score (nSPS) is 28.7. The topological polar surface area (TPSA) is 33.2 Å². The summed E-state index contributed by atoms with van der Waals surface area (Å²) in [5.74, 6) is 0.874. The number of piperidine rings is 1. The minimum atomic E-state index is 0.694. The fourth-order valence-electron chi connectivity index (χ4n) is 2.78. The molecule has 0 spiro atoms. The fraction of sp³-hybridized carbons (Fsp3) is 0.636. The van der Waals surface area contributed by atoms with Crippen LogP contribution in [0.3, 0.4) is 0 Å². The van der Waals surface area contributed by atoms with E-state index in [1.807, 2.05) is 6.92 Å². The summed E-state index contributed by atoms with van der Waals surface area (Å²) < 4.78 is 0. The molecular weight excluding hydrogens is 208 g/mol. The van der Waals surface area contributed by atoms with Gasteiger partial charge in [0.05, 0.1) is 10.6 Å². The van der Waals surface area contributed by atoms with Gasteiger partial charge in [-0.3, -0.25) is 4.79 Å². The van der Waals surface area contributed by atoms with Crippen LogP contribution < -0.4 is 4.90 Å². The van der Waals surface area contributed by atoms with Crippen molar-refractivity contribution in [2.45, 2.75) is 32.2 Å². The van der Waals surface area contributed by atoms with Crippen LogP contribution in [-0.4, -0.2) is 23.9 Å². The molecule has 0 N–H and O–H groups in total. The maximum Gasteiger partial charge on any atom is 0.186 e. The van der Waals surface area contributed by atoms with Crippen LogP contribution in [0.1, 0.15) is 34.6 Å². The predicted octanol–water partition coefficient (Wildman–Crippen LogP) is 2.25. The van der Waals surface area contributed by atoms with Gasteiger partial charge < -0.3 is 4.90 Å². The third-order valence-electron chi connectivity index (χ3n) is 3.58. The number of carbonyl (C=O) groups is 1. The molecular formula is C11H14N2OS. The van der Waals surface area contributed by atoms with Crippen molar-refractivity contribution in [3.05, 3.63) is 10.6 Å². The number of hydrogen-bond donors (Lipinski definition) is 0. The molecule has 1 aliphatic heterocycles. The molecule has 1 saturated heterocycles. The predicted molar refractivity (Wildman–Crippen MR) is 60.7 cm³/mol. The van der Waals surface area contributed by atoms with Gasteiger partial charge >= 0.3 is 0 Å². The van der Waals surface area contributed by atoms with Crippen LogP contribution in [0.15, 0.2) is 0 Å². The van der Waals surface area contributed by atoms with Gasteiger partial charge in [-0.25, -0.2) is 4.98 Å². The van der Waals surface area contributed by atoms with Gasteiger partial charge in [0.25, 0.3) is 0 Å². The number of nitrogens with zero attached hydrogens (tertiary/aromatic N) is 2. The van der Waals surface area contributed by atoms with Crippen LogP contribution in [0.25, 0.3) is 0 Å². The number of aldehydes is 1. The number of carbonyl (C=O) groups excluding carboxylic acids is 1. The molecule has 0 amide bonds. The molecule has 2 heterocycles. The number of fused-ring (bicyclic) bond motifs is 2. The molecule has 2 unspecified atom stereocenters. The van der Waals surface area contributed by atoms with Crippen LogP contribution in [0, 0.1) is 12.8 Å². The summed E-state index contributed by atoms with van der Waals surface area (Å²) in [6, 6.07) is 0.694. The first-order chi connectivity index (χ1) is 7.28. The average Bonchev–Trinajstić information content (AvgIpc) is 2.90. The molecule has 0 radical (unpaired) electrons. The zero-order valence-corrected chi connectivity index (χ0v) is 9.59. The first kappa shape index (κ1) is 9.33. The van der Waals surface area contributed by atoms with Gasteiger partial charge in [-0.15, -0.1) is 0 Å². The monoisotopic (exact) mass is 222 g/mol. The second kappa shape index (κ2) is 3.30. The van der Waals surface area contributed by atoms with Crippen molar-refractivity contribution in [1.29, 1.82) is 0 Å². The molecule has 2 aliphatic rings. The molecule has 3 rings (SSSR count). The lowest BCUT2D eigenvalue weighted by Gasteiger charge is -2.26. The number of anilines is 1. The molecule has 0 aromatic carbocycles. The van der Waals surface area contributed by atoms with E-state index in [1.165, 1.54) is 19.3 Å². The van der Waals surface area contributed by atoms with E-state index in [4.69, 9.17) is 0 Å². The van der Waals surface area contributed by atoms with E-state index in [-0.39, 0.29) is 0 Å². The summed E-state index contributed by atoms with van der Waals surface area (Å²) >= 11 is 1.54. The average molecular weight is 222 g/mol. The quantitative estimate of drug-likeness (QED) is 0.720. The van der Waals surface area contributed by atoms with E-state index in [2.05, 4.69) is 9.88 Å². The first-order valence-electron chi connectivity index (χ1n) is 5.47. The largest absolute Gasteiger partial charge is 0.345 e. The molecule has 1 aromatic heterocycles. The van der Waals surface area contributed by atoms with Crippen LogP contribution in [-0.2, 0) is 0 Å². The standard InChI is InChI=1S/C11H14N2OS/c1-7-10(6-14)15-11(12-7)13-5-8-2-3-9(13)4-8/h6,8-9H,2-5H2,1H3. The first-order valence-corrected chi connectivity index (χ1v) is 6.29. The Morgan fingerprint density at radius 2 is 2.40 bits per heavy atom. The zero-order valence-electron chi connectivity index (χ0n) is 8.77. The Labute approximate surface area is 93.1 Å². The van der Waals surface area contributed by atoms with Crippen molar-refractivity contribution < 1.29 is 4.79 Å². The van der Waals surface area contributed by atoms with Crippen LogP contribution in [0.2, 0.25) is 0 Å². The Morgan fingerprint density at radius 1 is 1.53 bits per heavy atom. The minimum Gasteiger partial charge on any atom is -0.345 e. The second-order valence-electron chi connectivity index (χ2n) is 4.55. The molecule has 2 fully saturated rings. The maximum atomic E-state index is 10.8. The zero-order chi connectivity index (χ0) is 10.4. The van der Waals surface area contributed by atoms with Gasteiger partial charge in [0, 0.05) is 12.6 Å². The Bertz CT molecular complexity index is 401. The highest BCUT2D eigenvalue weighted by molar-refractivity contribution is 7.17. The fourth-order valence-corrected chi connectivity index (χ4v) is 3.75. The number of thiazole rings is 1. The Balaban J connectivity index is 1.90. The molecule has 2 atom stereocenters. The Morgan fingerprint density at radius 3 is 2.93 bits per heavy atom. The highest BCUT2D eigenvalue weighted by Gasteiger charge is 2.39. The molecule has 1 aliphatic carbocycles. The third kappa shape index (κ3) is 1.39. The third-order valence-corrected chi connectivity index (χ3v) is 4.70. The number of aryl methyl sites for hydroxylation is 1. The minimum absolute atomic E-state index is 0.694. The SMILES string of the molecule is Cc1nc(N2CC3CCC2C3)sc1C=O. The van der Waals surface area contributed by atoms with Crippen LogP contribution in [0.5, 0.6) is 0 Å². The molecule has 4 heteroatoms. The summed E-state index contributed by atoms with van der Waals surface area (Å²) in [5.41, 5.74) is 0.882. The van der Waals surface area contributed by atoms with E-state index >= 15 is 0 Å². The van der Waals surface area contributed by atoms with Crippen molar-refractivity contribution >= 4 is 22.8 Å². The summed E-state index contributed by atoms with van der Waals surface area (Å²) in [6.07, 6.45) is 4.94. The van der Waals surface area contributed by atoms with Gasteiger partial charge in [-0.1, -0.05) is 11.3 Å². The van der Waals surface area contributed by atoms with E-state index < -0.39 is 0 Å². The molecule has 1 saturated carbocycles. The Hall–Kier alpha value is -0.900. The number of aromatic nitrogens is 1. The summed E-state index contributed by atoms with van der Waals surface area (Å²) in [5, 5.41) is 1.06. The molecule has 3 nitrogen and oxygen atoms in total. The lowest BCUT2D eigenvalue weighted by molar-refractivity contribution is 0.112. The van der Waals surface area contributed by atoms with E-state index in [0.717, 1.165) is 34.5 Å². The van der Waals surface area contributed by atoms with Crippen molar-refractivity contribution in [2.75, 3.05) is 11.4 Å². The molecule has 15 heavy (non-hydrogen) atoms. The van der Waals surface area contributed by atoms with Gasteiger partial charge in [0.1, 0.15) is 0 Å². The number of rotatable bonds is 2. The maximum absolute atomic E-state index is 10.8. The van der Waals surface area contributed by atoms with E-state index in [1.54, 1.807) is 11.3 Å². The van der Waals surface area contributed by atoms with Crippen molar-refractivity contribution in [3.8, 4) is 0 Å². The van der Waals surface area contributed by atoms with Crippen molar-refractivity contribution in [2.24, 2.45) is 5.92 Å². The molecule has 80 valence electrons.